The molecule has 0 fully saturated rings. The molecule has 19 heavy (non-hydrogen) atoms. The quantitative estimate of drug-likeness (QED) is 0.282. The Labute approximate surface area is 119 Å². The fraction of sp³-hybridized carbons (Fsp3) is 0.824. The van der Waals surface area contributed by atoms with Crippen LogP contribution in [0.1, 0.15) is 79.1 Å². The second-order valence-electron chi connectivity index (χ2n) is 6.18. The minimum Gasteiger partial charge on any atom is -0.435 e. The molecule has 0 radical (unpaired) electrons. The summed E-state index contributed by atoms with van der Waals surface area (Å²) in [5, 5.41) is 0. The first kappa shape index (κ1) is 18.2. The Morgan fingerprint density at radius 1 is 0.947 bits per heavy atom. The van der Waals surface area contributed by atoms with Crippen LogP contribution in [0.15, 0.2) is 12.3 Å². The van der Waals surface area contributed by atoms with Gasteiger partial charge in [-0.3, -0.25) is 4.79 Å². The van der Waals surface area contributed by atoms with Crippen LogP contribution in [-0.2, 0) is 9.53 Å². The van der Waals surface area contributed by atoms with Crippen molar-refractivity contribution in [3.8, 4) is 0 Å². The first-order valence-corrected chi connectivity index (χ1v) is 7.86. The first-order valence-electron chi connectivity index (χ1n) is 7.86. The lowest BCUT2D eigenvalue weighted by Crippen LogP contribution is -1.99. The van der Waals surface area contributed by atoms with Crippen molar-refractivity contribution in [1.82, 2.24) is 0 Å². The zero-order valence-corrected chi connectivity index (χ0v) is 13.3. The molecule has 0 heterocycles. The van der Waals surface area contributed by atoms with Gasteiger partial charge in [-0.15, -0.1) is 0 Å². The second-order valence-corrected chi connectivity index (χ2v) is 6.18. The summed E-state index contributed by atoms with van der Waals surface area (Å²) in [7, 11) is 0. The molecular weight excluding hydrogens is 236 g/mol. The van der Waals surface area contributed by atoms with Gasteiger partial charge in [0.15, 0.2) is 0 Å². The third-order valence-electron chi connectivity index (χ3n) is 3.11. The maximum Gasteiger partial charge on any atom is 0.310 e. The van der Waals surface area contributed by atoms with Gasteiger partial charge in [-0.25, -0.2) is 0 Å². The minimum absolute atomic E-state index is 0.0929. The van der Waals surface area contributed by atoms with Crippen LogP contribution in [0.4, 0.5) is 0 Å². The summed E-state index contributed by atoms with van der Waals surface area (Å²) in [6.07, 6.45) is 12.0. The Morgan fingerprint density at radius 2 is 1.58 bits per heavy atom. The Balaban J connectivity index is 3.36. The van der Waals surface area contributed by atoms with Gasteiger partial charge in [-0.1, -0.05) is 53.4 Å². The van der Waals surface area contributed by atoms with E-state index in [0.29, 0.717) is 6.42 Å². The Bertz CT molecular complexity index is 242. The number of unbranched alkanes of at least 4 members (excludes halogenated alkanes) is 3. The van der Waals surface area contributed by atoms with Gasteiger partial charge in [0.05, 0.1) is 6.26 Å². The third kappa shape index (κ3) is 15.2. The van der Waals surface area contributed by atoms with Gasteiger partial charge in [-0.2, -0.15) is 0 Å². The number of hydrogen-bond acceptors (Lipinski definition) is 2. The SMILES string of the molecule is CC(C)CCCC=COC(=O)CCCCCC(C)C. The number of ether oxygens (including phenoxy) is 1. The fourth-order valence-corrected chi connectivity index (χ4v) is 1.89. The topological polar surface area (TPSA) is 26.3 Å². The number of rotatable bonds is 11. The highest BCUT2D eigenvalue weighted by Gasteiger charge is 2.01. The molecule has 112 valence electrons. The van der Waals surface area contributed by atoms with E-state index in [2.05, 4.69) is 27.7 Å². The van der Waals surface area contributed by atoms with Crippen LogP contribution >= 0.6 is 0 Å². The van der Waals surface area contributed by atoms with Crippen LogP contribution in [-0.4, -0.2) is 5.97 Å². The molecule has 0 spiro atoms. The van der Waals surface area contributed by atoms with Crippen LogP contribution < -0.4 is 0 Å². The predicted molar refractivity (Wildman–Crippen MR) is 81.8 cm³/mol. The molecule has 0 N–H and O–H groups in total. The van der Waals surface area contributed by atoms with E-state index in [1.165, 1.54) is 25.7 Å². The zero-order chi connectivity index (χ0) is 14.5. The van der Waals surface area contributed by atoms with E-state index in [0.717, 1.165) is 31.1 Å². The average molecular weight is 268 g/mol. The monoisotopic (exact) mass is 268 g/mol. The molecular formula is C17H32O2. The number of esters is 1. The van der Waals surface area contributed by atoms with E-state index in [1.54, 1.807) is 6.26 Å². The highest BCUT2D eigenvalue weighted by molar-refractivity contribution is 5.69. The van der Waals surface area contributed by atoms with Crippen LogP contribution in [0.5, 0.6) is 0 Å². The number of allylic oxidation sites excluding steroid dienone is 1. The molecule has 2 heteroatoms. The van der Waals surface area contributed by atoms with Crippen molar-refractivity contribution < 1.29 is 9.53 Å². The van der Waals surface area contributed by atoms with Crippen LogP contribution in [0.2, 0.25) is 0 Å². The molecule has 0 aliphatic carbocycles. The lowest BCUT2D eigenvalue weighted by Gasteiger charge is -2.03. The van der Waals surface area contributed by atoms with Gasteiger partial charge in [0.1, 0.15) is 0 Å². The third-order valence-corrected chi connectivity index (χ3v) is 3.11. The molecule has 0 saturated carbocycles. The van der Waals surface area contributed by atoms with Crippen LogP contribution in [0.25, 0.3) is 0 Å². The molecule has 0 amide bonds. The Kier molecular flexibility index (Phi) is 11.7. The average Bonchev–Trinajstić information content (AvgIpc) is 2.32. The van der Waals surface area contributed by atoms with Crippen molar-refractivity contribution in [3.05, 3.63) is 12.3 Å². The lowest BCUT2D eigenvalue weighted by atomic mass is 10.0. The van der Waals surface area contributed by atoms with E-state index < -0.39 is 0 Å². The number of hydrogen-bond donors (Lipinski definition) is 0. The summed E-state index contributed by atoms with van der Waals surface area (Å²) in [5.41, 5.74) is 0. The molecule has 0 atom stereocenters. The summed E-state index contributed by atoms with van der Waals surface area (Å²) in [6, 6.07) is 0. The second kappa shape index (κ2) is 12.3. The van der Waals surface area contributed by atoms with Crippen molar-refractivity contribution >= 4 is 5.97 Å². The van der Waals surface area contributed by atoms with E-state index in [1.807, 2.05) is 6.08 Å². The normalized spacial score (nSPS) is 11.7. The van der Waals surface area contributed by atoms with Crippen molar-refractivity contribution in [3.63, 3.8) is 0 Å². The van der Waals surface area contributed by atoms with Crippen LogP contribution in [0, 0.1) is 11.8 Å². The highest BCUT2D eigenvalue weighted by atomic mass is 16.5. The maximum atomic E-state index is 11.4. The van der Waals surface area contributed by atoms with Gasteiger partial charge in [0, 0.05) is 6.42 Å². The van der Waals surface area contributed by atoms with E-state index in [4.69, 9.17) is 4.74 Å². The molecule has 0 bridgehead atoms. The molecule has 0 rings (SSSR count). The molecule has 0 unspecified atom stereocenters. The number of carbonyl (C=O) groups is 1. The molecule has 0 aromatic carbocycles. The van der Waals surface area contributed by atoms with Crippen molar-refractivity contribution in [2.75, 3.05) is 0 Å². The summed E-state index contributed by atoms with van der Waals surface area (Å²) in [5.74, 6) is 1.42. The largest absolute Gasteiger partial charge is 0.435 e. The highest BCUT2D eigenvalue weighted by Crippen LogP contribution is 2.10. The van der Waals surface area contributed by atoms with Gasteiger partial charge in [0.2, 0.25) is 0 Å². The minimum atomic E-state index is -0.0929. The molecule has 0 aliphatic rings. The maximum absolute atomic E-state index is 11.4. The van der Waals surface area contributed by atoms with Gasteiger partial charge in [-0.05, 0) is 37.2 Å². The summed E-state index contributed by atoms with van der Waals surface area (Å²) in [6.45, 7) is 8.92. The number of carbonyl (C=O) groups excluding carboxylic acids is 1. The Hall–Kier alpha value is -0.790. The standard InChI is InChI=1S/C17H32O2/c1-15(2)11-7-5-9-13-17(18)19-14-10-6-8-12-16(3)4/h10,14-16H,5-9,11-13H2,1-4H3. The lowest BCUT2D eigenvalue weighted by molar-refractivity contribution is -0.138. The van der Waals surface area contributed by atoms with Crippen molar-refractivity contribution in [1.29, 1.82) is 0 Å². The van der Waals surface area contributed by atoms with E-state index >= 15 is 0 Å². The van der Waals surface area contributed by atoms with E-state index in [9.17, 15) is 4.79 Å². The Morgan fingerprint density at radius 3 is 2.21 bits per heavy atom. The van der Waals surface area contributed by atoms with E-state index in [-0.39, 0.29) is 5.97 Å². The summed E-state index contributed by atoms with van der Waals surface area (Å²) < 4.78 is 5.06. The molecule has 0 aromatic heterocycles. The van der Waals surface area contributed by atoms with Crippen molar-refractivity contribution in [2.45, 2.75) is 79.1 Å². The van der Waals surface area contributed by atoms with Gasteiger partial charge >= 0.3 is 5.97 Å². The molecule has 0 aliphatic heterocycles. The molecule has 2 nitrogen and oxygen atoms in total. The van der Waals surface area contributed by atoms with Crippen LogP contribution in [0.3, 0.4) is 0 Å². The first-order chi connectivity index (χ1) is 9.02. The smallest absolute Gasteiger partial charge is 0.310 e. The molecule has 0 aromatic rings. The van der Waals surface area contributed by atoms with Gasteiger partial charge < -0.3 is 4.74 Å². The predicted octanol–water partition coefficient (Wildman–Crippen LogP) is 5.48. The summed E-state index contributed by atoms with van der Waals surface area (Å²) >= 11 is 0. The fourth-order valence-electron chi connectivity index (χ4n) is 1.89. The summed E-state index contributed by atoms with van der Waals surface area (Å²) in [4.78, 5) is 11.4. The van der Waals surface area contributed by atoms with Crippen molar-refractivity contribution in [2.24, 2.45) is 11.8 Å². The zero-order valence-electron chi connectivity index (χ0n) is 13.3. The molecule has 0 saturated heterocycles. The van der Waals surface area contributed by atoms with Gasteiger partial charge in [0.25, 0.3) is 0 Å².